The van der Waals surface area contributed by atoms with Gasteiger partial charge in [-0.15, -0.1) is 0 Å². The second kappa shape index (κ2) is 13.0. The smallest absolute Gasteiger partial charge is 0.429 e. The van der Waals surface area contributed by atoms with E-state index in [-0.39, 0.29) is 41.9 Å². The number of nitrogens with one attached hydrogen (secondary N) is 2. The molecule has 2 unspecified atom stereocenters. The predicted octanol–water partition coefficient (Wildman–Crippen LogP) is 4.69. The summed E-state index contributed by atoms with van der Waals surface area (Å²) in [5.74, 6) is -1.06. The van der Waals surface area contributed by atoms with Crippen LogP contribution in [0.4, 0.5) is 4.79 Å². The standard InChI is InChI=1S/C34H46N4O6/c1-21(2)18-25(35-29(39)22-14-16-24(17-15-22)33(3,4)5)30(40)36-38(32(42)44-34(6,7)8)19-26-28-27(43-28)20-37(26)31(41)23-12-10-9-11-13-23/h9-17,21,25-28H,18-20H2,1-8H3,(H,35,39)(H,36,40)/t25-,26+,27?,28?/m0/s1. The van der Waals surface area contributed by atoms with Crippen molar-refractivity contribution >= 4 is 23.8 Å². The van der Waals surface area contributed by atoms with Crippen molar-refractivity contribution in [2.45, 2.75) is 97.1 Å². The molecule has 2 N–H and O–H groups in total. The van der Waals surface area contributed by atoms with E-state index in [1.54, 1.807) is 62.1 Å². The molecule has 4 atom stereocenters. The number of carbonyl (C=O) groups excluding carboxylic acids is 4. The van der Waals surface area contributed by atoms with Gasteiger partial charge >= 0.3 is 6.09 Å². The highest BCUT2D eigenvalue weighted by Crippen LogP contribution is 2.37. The summed E-state index contributed by atoms with van der Waals surface area (Å²) in [6.07, 6.45) is -0.807. The molecule has 0 saturated carbocycles. The van der Waals surface area contributed by atoms with E-state index < -0.39 is 29.7 Å². The lowest BCUT2D eigenvalue weighted by atomic mass is 9.86. The summed E-state index contributed by atoms with van der Waals surface area (Å²) >= 11 is 0. The van der Waals surface area contributed by atoms with Gasteiger partial charge in [0, 0.05) is 11.1 Å². The van der Waals surface area contributed by atoms with Crippen molar-refractivity contribution in [2.75, 3.05) is 13.1 Å². The Bertz CT molecular complexity index is 1350. The number of morpholine rings is 1. The molecule has 10 heteroatoms. The van der Waals surface area contributed by atoms with Crippen molar-refractivity contribution in [3.63, 3.8) is 0 Å². The maximum absolute atomic E-state index is 13.7. The lowest BCUT2D eigenvalue weighted by Crippen LogP contribution is -2.59. The predicted molar refractivity (Wildman–Crippen MR) is 167 cm³/mol. The largest absolute Gasteiger partial charge is 0.442 e. The summed E-state index contributed by atoms with van der Waals surface area (Å²) in [6.45, 7) is 15.7. The second-order valence-corrected chi connectivity index (χ2v) is 14.1. The van der Waals surface area contributed by atoms with Crippen molar-refractivity contribution in [3.05, 3.63) is 71.3 Å². The van der Waals surface area contributed by atoms with Gasteiger partial charge in [0.25, 0.3) is 17.7 Å². The monoisotopic (exact) mass is 606 g/mol. The van der Waals surface area contributed by atoms with Crippen LogP contribution in [0.25, 0.3) is 0 Å². The van der Waals surface area contributed by atoms with E-state index >= 15 is 0 Å². The number of ether oxygens (including phenoxy) is 2. The third kappa shape index (κ3) is 8.37. The number of benzene rings is 2. The van der Waals surface area contributed by atoms with Crippen LogP contribution in [-0.2, 0) is 19.7 Å². The quantitative estimate of drug-likeness (QED) is 0.332. The molecule has 0 bridgehead atoms. The molecular weight excluding hydrogens is 560 g/mol. The minimum atomic E-state index is -0.926. The minimum Gasteiger partial charge on any atom is -0.442 e. The Morgan fingerprint density at radius 3 is 2.16 bits per heavy atom. The first-order valence-corrected chi connectivity index (χ1v) is 15.3. The number of nitrogens with zero attached hydrogens (tertiary/aromatic N) is 2. The molecule has 2 fully saturated rings. The third-order valence-electron chi connectivity index (χ3n) is 7.63. The van der Waals surface area contributed by atoms with Crippen LogP contribution in [-0.4, -0.2) is 76.7 Å². The van der Waals surface area contributed by atoms with Crippen LogP contribution in [0.1, 0.15) is 88.1 Å². The number of epoxide rings is 1. The molecule has 0 radical (unpaired) electrons. The highest BCUT2D eigenvalue weighted by molar-refractivity contribution is 5.98. The molecular formula is C34H46N4O6. The fraction of sp³-hybridized carbons (Fsp3) is 0.529. The third-order valence-corrected chi connectivity index (χ3v) is 7.63. The molecule has 2 heterocycles. The van der Waals surface area contributed by atoms with Crippen LogP contribution in [0.5, 0.6) is 0 Å². The number of likely N-dealkylation sites (tertiary alicyclic amines) is 1. The van der Waals surface area contributed by atoms with Crippen LogP contribution in [0, 0.1) is 5.92 Å². The number of hydrazine groups is 1. The summed E-state index contributed by atoms with van der Waals surface area (Å²) in [7, 11) is 0. The molecule has 44 heavy (non-hydrogen) atoms. The minimum absolute atomic E-state index is 0.0446. The van der Waals surface area contributed by atoms with E-state index in [0.29, 0.717) is 24.1 Å². The van der Waals surface area contributed by atoms with Gasteiger partial charge in [-0.1, -0.05) is 65.0 Å². The Hall–Kier alpha value is -3.92. The van der Waals surface area contributed by atoms with Crippen molar-refractivity contribution in [3.8, 4) is 0 Å². The van der Waals surface area contributed by atoms with Crippen LogP contribution < -0.4 is 10.7 Å². The molecule has 4 amide bonds. The lowest BCUT2D eigenvalue weighted by molar-refractivity contribution is -0.128. The Kier molecular flexibility index (Phi) is 9.73. The average Bonchev–Trinajstić information content (AvgIpc) is 3.63. The molecule has 10 nitrogen and oxygen atoms in total. The molecule has 0 aromatic heterocycles. The van der Waals surface area contributed by atoms with E-state index in [4.69, 9.17) is 9.47 Å². The van der Waals surface area contributed by atoms with Gasteiger partial charge in [-0.05, 0) is 68.4 Å². The highest BCUT2D eigenvalue weighted by Gasteiger charge is 2.57. The van der Waals surface area contributed by atoms with Crippen molar-refractivity contribution < 1.29 is 28.7 Å². The van der Waals surface area contributed by atoms with Gasteiger partial charge in [0.15, 0.2) is 0 Å². The second-order valence-electron chi connectivity index (χ2n) is 14.1. The normalized spacial score (nSPS) is 20.0. The van der Waals surface area contributed by atoms with Gasteiger partial charge in [-0.25, -0.2) is 9.80 Å². The summed E-state index contributed by atoms with van der Waals surface area (Å²) in [5.41, 5.74) is 3.86. The van der Waals surface area contributed by atoms with Gasteiger partial charge in [-0.2, -0.15) is 0 Å². The number of carbonyl (C=O) groups is 4. The van der Waals surface area contributed by atoms with Crippen molar-refractivity contribution in [2.24, 2.45) is 5.92 Å². The molecule has 2 saturated heterocycles. The first-order chi connectivity index (χ1) is 20.5. The Labute approximate surface area is 260 Å². The summed E-state index contributed by atoms with van der Waals surface area (Å²) in [6, 6.07) is 14.8. The van der Waals surface area contributed by atoms with Gasteiger partial charge in [0.05, 0.1) is 19.1 Å². The first kappa shape index (κ1) is 33.0. The number of hydrogen-bond donors (Lipinski definition) is 2. The lowest BCUT2D eigenvalue weighted by Gasteiger charge is -2.34. The van der Waals surface area contributed by atoms with E-state index in [9.17, 15) is 19.2 Å². The van der Waals surface area contributed by atoms with E-state index in [1.807, 2.05) is 32.0 Å². The van der Waals surface area contributed by atoms with Crippen LogP contribution in [0.2, 0.25) is 0 Å². The molecule has 2 aromatic carbocycles. The zero-order valence-electron chi connectivity index (χ0n) is 27.0. The number of hydrogen-bond acceptors (Lipinski definition) is 6. The van der Waals surface area contributed by atoms with Crippen molar-refractivity contribution in [1.29, 1.82) is 0 Å². The van der Waals surface area contributed by atoms with Crippen LogP contribution in [0.15, 0.2) is 54.6 Å². The molecule has 238 valence electrons. The zero-order valence-corrected chi connectivity index (χ0v) is 27.0. The molecule has 0 spiro atoms. The Balaban J connectivity index is 1.53. The maximum atomic E-state index is 13.7. The topological polar surface area (TPSA) is 121 Å². The summed E-state index contributed by atoms with van der Waals surface area (Å²) in [5, 5.41) is 3.96. The fourth-order valence-electron chi connectivity index (χ4n) is 5.28. The highest BCUT2D eigenvalue weighted by atomic mass is 16.6. The molecule has 2 aromatic rings. The van der Waals surface area contributed by atoms with E-state index in [0.717, 1.165) is 10.6 Å². The van der Waals surface area contributed by atoms with Gasteiger partial charge in [0.2, 0.25) is 0 Å². The zero-order chi connectivity index (χ0) is 32.4. The van der Waals surface area contributed by atoms with Crippen molar-refractivity contribution in [1.82, 2.24) is 20.7 Å². The van der Waals surface area contributed by atoms with Crippen LogP contribution >= 0.6 is 0 Å². The average molecular weight is 607 g/mol. The number of amides is 4. The molecule has 4 rings (SSSR count). The first-order valence-electron chi connectivity index (χ1n) is 15.3. The fourth-order valence-corrected chi connectivity index (χ4v) is 5.28. The summed E-state index contributed by atoms with van der Waals surface area (Å²) in [4.78, 5) is 55.4. The number of fused-ring (bicyclic) bond motifs is 1. The number of rotatable bonds is 8. The van der Waals surface area contributed by atoms with E-state index in [2.05, 4.69) is 31.5 Å². The Morgan fingerprint density at radius 1 is 0.955 bits per heavy atom. The molecule has 2 aliphatic rings. The van der Waals surface area contributed by atoms with Gasteiger partial charge < -0.3 is 19.7 Å². The van der Waals surface area contributed by atoms with E-state index in [1.165, 1.54) is 0 Å². The SMILES string of the molecule is CC(C)C[C@H](NC(=O)c1ccc(C(C)(C)C)cc1)C(=O)NN(C[C@@H]1C2OC2CN1C(=O)c1ccccc1)C(=O)OC(C)(C)C. The van der Waals surface area contributed by atoms with Gasteiger partial charge in [-0.3, -0.25) is 19.8 Å². The van der Waals surface area contributed by atoms with Gasteiger partial charge in [0.1, 0.15) is 23.9 Å². The molecule has 0 aliphatic carbocycles. The Morgan fingerprint density at radius 2 is 1.59 bits per heavy atom. The summed E-state index contributed by atoms with van der Waals surface area (Å²) < 4.78 is 11.4. The molecule has 2 aliphatic heterocycles. The van der Waals surface area contributed by atoms with Crippen LogP contribution in [0.3, 0.4) is 0 Å². The maximum Gasteiger partial charge on any atom is 0.429 e.